The number of nitrogen functional groups attached to an aromatic ring is 1. The minimum absolute atomic E-state index is 0.150. The van der Waals surface area contributed by atoms with Gasteiger partial charge in [-0.2, -0.15) is 14.9 Å². The van der Waals surface area contributed by atoms with Crippen molar-refractivity contribution in [3.8, 4) is 0 Å². The molecule has 0 aliphatic carbocycles. The van der Waals surface area contributed by atoms with Crippen LogP contribution in [0.4, 0.5) is 10.3 Å². The Morgan fingerprint density at radius 3 is 2.29 bits per heavy atom. The number of anilines is 2. The number of rotatable bonds is 5. The van der Waals surface area contributed by atoms with E-state index in [2.05, 4.69) is 30.6 Å². The monoisotopic (exact) mass is 648 g/mol. The second-order valence-corrected chi connectivity index (χ2v) is 10.9. The molecule has 42 heavy (non-hydrogen) atoms. The fraction of sp³-hybridized carbons (Fsp3) is 0.167. The Kier molecular flexibility index (Phi) is 8.22. The number of benzene rings is 2. The van der Waals surface area contributed by atoms with Crippen molar-refractivity contribution in [1.29, 1.82) is 0 Å². The van der Waals surface area contributed by atoms with Crippen molar-refractivity contribution in [2.24, 2.45) is 0 Å². The summed E-state index contributed by atoms with van der Waals surface area (Å²) < 4.78 is 12.1. The third-order valence-electron chi connectivity index (χ3n) is 5.84. The number of ether oxygens (including phenoxy) is 2. The number of carbonyl (C=O) groups excluding carboxylic acids is 4. The Hall–Kier alpha value is -4.38. The molecule has 0 fully saturated rings. The molecule has 6 rings (SSSR count). The molecule has 4 heterocycles. The molecule has 2 aromatic carbocycles. The lowest BCUT2D eigenvalue weighted by molar-refractivity contribution is -0.113. The number of hydrogen-bond donors (Lipinski definition) is 3. The highest BCUT2D eigenvalue weighted by Gasteiger charge is 2.22. The molecule has 4 N–H and O–H groups in total. The van der Waals surface area contributed by atoms with E-state index in [0.717, 1.165) is 31.6 Å². The molecule has 1 amide bonds. The number of amides is 1. The molecule has 4 aromatic heterocycles. The number of nitrogens with two attached hydrogens (primary N) is 1. The number of nitrogens with zero attached hydrogens (tertiary/aromatic N) is 5. The Morgan fingerprint density at radius 2 is 1.62 bits per heavy atom. The van der Waals surface area contributed by atoms with E-state index in [1.807, 2.05) is 0 Å². The van der Waals surface area contributed by atoms with Crippen LogP contribution < -0.4 is 11.1 Å². The number of fused-ring (bicyclic) bond motifs is 6. The zero-order valence-corrected chi connectivity index (χ0v) is 24.7. The number of aromatic nitrogens is 6. The number of thiazole rings is 2. The van der Waals surface area contributed by atoms with Crippen LogP contribution in [-0.2, 0) is 14.3 Å². The molecule has 14 nitrogen and oxygen atoms in total. The van der Waals surface area contributed by atoms with E-state index in [-0.39, 0.29) is 22.5 Å². The van der Waals surface area contributed by atoms with Crippen molar-refractivity contribution >= 4 is 122 Å². The number of aromatic amines is 1. The Labute approximate surface area is 252 Å². The van der Waals surface area contributed by atoms with Gasteiger partial charge in [0.05, 0.1) is 69.2 Å². The van der Waals surface area contributed by atoms with E-state index < -0.39 is 23.8 Å². The minimum atomic E-state index is -0.626. The SMILES string of the molecule is COC(=O)c1cc2[nH]ncc2c2sc(N)nc12.COC(=O)c1cc2c(cnn2C(=O)CCl)c2sc(NC(=O)CCl)nc12. The lowest BCUT2D eigenvalue weighted by atomic mass is 10.1. The van der Waals surface area contributed by atoms with E-state index in [9.17, 15) is 19.2 Å². The summed E-state index contributed by atoms with van der Waals surface area (Å²) in [5.74, 6) is -2.41. The van der Waals surface area contributed by atoms with Crippen molar-refractivity contribution in [3.05, 3.63) is 35.7 Å². The quantitative estimate of drug-likeness (QED) is 0.180. The smallest absolute Gasteiger partial charge is 0.340 e. The standard InChI is InChI=1S/C14H10Cl2N4O4S.C10H8N4O2S/c1-24-13(23)6-2-8-7(5-17-20(8)10(22)4-16)12-11(6)19-14(25-12)18-9(21)3-15;1-16-9(15)4-2-6-5(3-12-14-6)8-7(4)13-10(11)17-8/h2,5H,3-4H2,1H3,(H,18,19,21);2-3H,1H3,(H2,11,13)(H,12,14). The number of esters is 2. The van der Waals surface area contributed by atoms with E-state index in [4.69, 9.17) is 38.4 Å². The van der Waals surface area contributed by atoms with Crippen LogP contribution in [0.5, 0.6) is 0 Å². The zero-order chi connectivity index (χ0) is 30.1. The Balaban J connectivity index is 0.000000180. The summed E-state index contributed by atoms with van der Waals surface area (Å²) in [5.41, 5.74) is 8.30. The van der Waals surface area contributed by atoms with Gasteiger partial charge in [-0.15, -0.1) is 23.2 Å². The van der Waals surface area contributed by atoms with Crippen LogP contribution in [0, 0.1) is 0 Å². The average molecular weight is 649 g/mol. The number of carbonyl (C=O) groups is 4. The highest BCUT2D eigenvalue weighted by Crippen LogP contribution is 2.36. The van der Waals surface area contributed by atoms with E-state index in [1.54, 1.807) is 12.3 Å². The third-order valence-corrected chi connectivity index (χ3v) is 8.24. The first-order valence-electron chi connectivity index (χ1n) is 11.7. The number of halogens is 2. The van der Waals surface area contributed by atoms with Gasteiger partial charge in [0.25, 0.3) is 5.91 Å². The number of alkyl halides is 2. The largest absolute Gasteiger partial charge is 0.465 e. The number of nitrogens with one attached hydrogen (secondary N) is 2. The number of hydrogen-bond acceptors (Lipinski definition) is 13. The predicted octanol–water partition coefficient (Wildman–Crippen LogP) is 4.03. The normalized spacial score (nSPS) is 11.0. The topological polar surface area (TPSA) is 197 Å². The van der Waals surface area contributed by atoms with Gasteiger partial charge in [0.1, 0.15) is 11.8 Å². The molecule has 0 spiro atoms. The molecule has 0 saturated carbocycles. The molecule has 0 saturated heterocycles. The Morgan fingerprint density at radius 1 is 0.952 bits per heavy atom. The summed E-state index contributed by atoms with van der Waals surface area (Å²) in [6.07, 6.45) is 3.17. The second-order valence-electron chi connectivity index (χ2n) is 8.29. The van der Waals surface area contributed by atoms with Crippen LogP contribution in [0.3, 0.4) is 0 Å². The average Bonchev–Trinajstić information content (AvgIpc) is 3.79. The summed E-state index contributed by atoms with van der Waals surface area (Å²) in [7, 11) is 2.57. The molecule has 6 aromatic rings. The summed E-state index contributed by atoms with van der Waals surface area (Å²) in [6.45, 7) is 0. The molecular weight excluding hydrogens is 631 g/mol. The van der Waals surface area contributed by atoms with Gasteiger partial charge >= 0.3 is 11.9 Å². The predicted molar refractivity (Wildman–Crippen MR) is 160 cm³/mol. The fourth-order valence-electron chi connectivity index (χ4n) is 4.06. The van der Waals surface area contributed by atoms with E-state index in [1.165, 1.54) is 37.8 Å². The molecule has 0 atom stereocenters. The van der Waals surface area contributed by atoms with E-state index >= 15 is 0 Å². The summed E-state index contributed by atoms with van der Waals surface area (Å²) >= 11 is 13.5. The minimum Gasteiger partial charge on any atom is -0.465 e. The first-order chi connectivity index (χ1) is 20.2. The molecule has 0 aliphatic heterocycles. The maximum absolute atomic E-state index is 12.1. The lowest BCUT2D eigenvalue weighted by Crippen LogP contribution is -2.13. The molecule has 0 aliphatic rings. The summed E-state index contributed by atoms with van der Waals surface area (Å²) in [5, 5.41) is 15.5. The van der Waals surface area contributed by atoms with Crippen LogP contribution in [0.25, 0.3) is 42.2 Å². The molecule has 0 radical (unpaired) electrons. The molecule has 216 valence electrons. The third kappa shape index (κ3) is 5.20. The van der Waals surface area contributed by atoms with Gasteiger partial charge in [-0.25, -0.2) is 19.6 Å². The van der Waals surface area contributed by atoms with Crippen LogP contribution in [0.2, 0.25) is 0 Å². The van der Waals surface area contributed by atoms with Gasteiger partial charge in [-0.05, 0) is 12.1 Å². The molecule has 0 bridgehead atoms. The van der Waals surface area contributed by atoms with Crippen molar-refractivity contribution < 1.29 is 28.7 Å². The molecule has 0 unspecified atom stereocenters. The maximum atomic E-state index is 12.1. The van der Waals surface area contributed by atoms with Crippen molar-refractivity contribution in [2.75, 3.05) is 37.0 Å². The van der Waals surface area contributed by atoms with Gasteiger partial charge in [-0.1, -0.05) is 22.7 Å². The van der Waals surface area contributed by atoms with Gasteiger partial charge in [-0.3, -0.25) is 14.7 Å². The molecule has 18 heteroatoms. The van der Waals surface area contributed by atoms with Gasteiger partial charge < -0.3 is 20.5 Å². The summed E-state index contributed by atoms with van der Waals surface area (Å²) in [4.78, 5) is 55.7. The zero-order valence-electron chi connectivity index (χ0n) is 21.6. The van der Waals surface area contributed by atoms with Gasteiger partial charge in [0, 0.05) is 10.8 Å². The van der Waals surface area contributed by atoms with Crippen molar-refractivity contribution in [1.82, 2.24) is 29.9 Å². The Bertz CT molecular complexity index is 2030. The van der Waals surface area contributed by atoms with E-state index in [0.29, 0.717) is 37.3 Å². The first kappa shape index (κ1) is 29.1. The highest BCUT2D eigenvalue weighted by molar-refractivity contribution is 7.23. The van der Waals surface area contributed by atoms with Gasteiger partial charge in [0.15, 0.2) is 10.3 Å². The van der Waals surface area contributed by atoms with Crippen LogP contribution in [0.15, 0.2) is 24.5 Å². The van der Waals surface area contributed by atoms with Gasteiger partial charge in [0.2, 0.25) is 5.91 Å². The fourth-order valence-corrected chi connectivity index (χ4v) is 6.12. The first-order valence-corrected chi connectivity index (χ1v) is 14.4. The molecular formula is C24H18Cl2N8O6S2. The van der Waals surface area contributed by atoms with Crippen LogP contribution in [0.1, 0.15) is 25.5 Å². The number of methoxy groups -OCH3 is 2. The van der Waals surface area contributed by atoms with Crippen molar-refractivity contribution in [2.45, 2.75) is 0 Å². The van der Waals surface area contributed by atoms with Crippen LogP contribution >= 0.6 is 45.9 Å². The number of H-pyrrole nitrogens is 1. The second kappa shape index (κ2) is 11.8. The van der Waals surface area contributed by atoms with Crippen molar-refractivity contribution in [3.63, 3.8) is 0 Å². The van der Waals surface area contributed by atoms with Crippen LogP contribution in [-0.4, -0.2) is 79.7 Å². The lowest BCUT2D eigenvalue weighted by Gasteiger charge is -2.03. The summed E-state index contributed by atoms with van der Waals surface area (Å²) in [6, 6.07) is 3.14. The maximum Gasteiger partial charge on any atom is 0.340 e. The highest BCUT2D eigenvalue weighted by atomic mass is 35.5.